The van der Waals surface area contributed by atoms with Crippen molar-refractivity contribution in [1.29, 1.82) is 0 Å². The minimum absolute atomic E-state index is 0.156. The number of thiazole rings is 1. The summed E-state index contributed by atoms with van der Waals surface area (Å²) in [5.74, 6) is 0.428. The summed E-state index contributed by atoms with van der Waals surface area (Å²) in [4.78, 5) is 16.1. The van der Waals surface area contributed by atoms with Gasteiger partial charge < -0.3 is 4.74 Å². The summed E-state index contributed by atoms with van der Waals surface area (Å²) in [6, 6.07) is 3.60. The van der Waals surface area contributed by atoms with Crippen molar-refractivity contribution in [2.45, 2.75) is 20.5 Å². The molecule has 0 saturated carbocycles. The fourth-order valence-electron chi connectivity index (χ4n) is 2.33. The molecule has 0 bridgehead atoms. The predicted molar refractivity (Wildman–Crippen MR) is 79.4 cm³/mol. The fourth-order valence-corrected chi connectivity index (χ4v) is 3.27. The second kappa shape index (κ2) is 4.77. The number of hydrogen-bond donors (Lipinski definition) is 1. The van der Waals surface area contributed by atoms with Crippen LogP contribution >= 0.6 is 11.3 Å². The summed E-state index contributed by atoms with van der Waals surface area (Å²) >= 11 is 1.26. The molecule has 1 N–H and O–H groups in total. The number of methoxy groups -OCH3 is 1. The summed E-state index contributed by atoms with van der Waals surface area (Å²) in [5.41, 5.74) is 3.79. The first-order valence-corrected chi connectivity index (χ1v) is 7.22. The number of hydrazone groups is 1. The molecule has 1 aliphatic rings. The molecule has 0 spiro atoms. The lowest BCUT2D eigenvalue weighted by Crippen LogP contribution is -2.32. The van der Waals surface area contributed by atoms with Gasteiger partial charge in [0.05, 0.1) is 22.9 Å². The average molecular weight is 307 g/mol. The number of nitrogens with zero attached hydrogens (tertiary/aromatic N) is 2. The molecule has 5 nitrogen and oxygen atoms in total. The maximum atomic E-state index is 12.9. The Kier molecular flexibility index (Phi) is 3.16. The maximum absolute atomic E-state index is 12.9. The first-order valence-electron chi connectivity index (χ1n) is 6.40. The number of amides is 1. The van der Waals surface area contributed by atoms with Gasteiger partial charge in [0, 0.05) is 5.56 Å². The Bertz CT molecular complexity index is 767. The number of ether oxygens (including phenoxy) is 1. The van der Waals surface area contributed by atoms with Crippen LogP contribution in [0.25, 0.3) is 10.2 Å². The first kappa shape index (κ1) is 13.9. The molecule has 0 fully saturated rings. The smallest absolute Gasteiger partial charge is 0.251 e. The van der Waals surface area contributed by atoms with Crippen molar-refractivity contribution >= 4 is 33.2 Å². The molecule has 1 aliphatic heterocycles. The van der Waals surface area contributed by atoms with E-state index < -0.39 is 12.1 Å². The van der Waals surface area contributed by atoms with Crippen LogP contribution in [-0.2, 0) is 11.5 Å². The van der Waals surface area contributed by atoms with Gasteiger partial charge in [-0.2, -0.15) is 5.10 Å². The van der Waals surface area contributed by atoms with Crippen LogP contribution in [-0.4, -0.2) is 23.7 Å². The van der Waals surface area contributed by atoms with Gasteiger partial charge in [0.25, 0.3) is 5.91 Å². The van der Waals surface area contributed by atoms with Crippen LogP contribution < -0.4 is 10.2 Å². The highest BCUT2D eigenvalue weighted by atomic mass is 32.1. The van der Waals surface area contributed by atoms with Crippen LogP contribution in [0, 0.1) is 5.41 Å². The normalized spacial score (nSPS) is 17.0. The first-order chi connectivity index (χ1) is 9.98. The van der Waals surface area contributed by atoms with Crippen LogP contribution in [0.15, 0.2) is 17.2 Å². The van der Waals surface area contributed by atoms with E-state index in [1.54, 1.807) is 27.0 Å². The van der Waals surface area contributed by atoms with Gasteiger partial charge in [0.2, 0.25) is 0 Å². The highest BCUT2D eigenvalue weighted by Gasteiger charge is 2.40. The molecule has 0 unspecified atom stereocenters. The van der Waals surface area contributed by atoms with Crippen molar-refractivity contribution in [2.24, 2.45) is 10.5 Å². The van der Waals surface area contributed by atoms with Crippen molar-refractivity contribution in [2.75, 3.05) is 7.11 Å². The molecule has 1 amide bonds. The minimum atomic E-state index is -0.735. The molecule has 21 heavy (non-hydrogen) atoms. The second-order valence-electron chi connectivity index (χ2n) is 5.26. The van der Waals surface area contributed by atoms with Gasteiger partial charge in [0.15, 0.2) is 0 Å². The van der Waals surface area contributed by atoms with Crippen molar-refractivity contribution in [3.63, 3.8) is 0 Å². The number of benzene rings is 1. The summed E-state index contributed by atoms with van der Waals surface area (Å²) in [6.45, 7) is 2.98. The van der Waals surface area contributed by atoms with E-state index in [-0.39, 0.29) is 5.91 Å². The highest BCUT2D eigenvalue weighted by molar-refractivity contribution is 7.19. The van der Waals surface area contributed by atoms with E-state index in [9.17, 15) is 9.18 Å². The van der Waals surface area contributed by atoms with Gasteiger partial charge in [-0.3, -0.25) is 4.79 Å². The Balaban J connectivity index is 2.25. The molecular weight excluding hydrogens is 293 g/mol. The van der Waals surface area contributed by atoms with E-state index in [2.05, 4.69) is 15.5 Å². The Hall–Kier alpha value is -2.02. The van der Waals surface area contributed by atoms with Gasteiger partial charge in [-0.1, -0.05) is 0 Å². The number of carbonyl (C=O) groups excluding carboxylic acids is 1. The van der Waals surface area contributed by atoms with Crippen LogP contribution in [0.1, 0.15) is 24.4 Å². The van der Waals surface area contributed by atoms with Gasteiger partial charge in [-0.05, 0) is 26.0 Å². The molecule has 0 atom stereocenters. The topological polar surface area (TPSA) is 63.6 Å². The molecule has 0 aliphatic carbocycles. The third-order valence-electron chi connectivity index (χ3n) is 3.57. The third kappa shape index (κ3) is 1.99. The molecule has 0 saturated heterocycles. The summed E-state index contributed by atoms with van der Waals surface area (Å²) in [6.07, 6.45) is 0. The zero-order valence-electron chi connectivity index (χ0n) is 11.9. The van der Waals surface area contributed by atoms with E-state index in [1.807, 2.05) is 6.07 Å². The number of hydrogen-bond acceptors (Lipinski definition) is 5. The summed E-state index contributed by atoms with van der Waals surface area (Å²) < 4.78 is 19.0. The van der Waals surface area contributed by atoms with Crippen molar-refractivity contribution < 1.29 is 13.9 Å². The number of halogens is 1. The second-order valence-corrected chi connectivity index (χ2v) is 6.34. The minimum Gasteiger partial charge on any atom is -0.494 e. The molecule has 1 aromatic heterocycles. The fraction of sp³-hybridized carbons (Fsp3) is 0.357. The van der Waals surface area contributed by atoms with E-state index in [0.29, 0.717) is 22.0 Å². The standard InChI is InChI=1S/C14H14FN3O2S/c1-14(2)12(17-18-13(14)19)7-4-5-8(20-3)10-11(7)21-9(6-15)16-10/h4-5H,6H2,1-3H3,(H,18,19). The van der Waals surface area contributed by atoms with Crippen LogP contribution in [0.3, 0.4) is 0 Å². The number of aromatic nitrogens is 1. The van der Waals surface area contributed by atoms with Crippen LogP contribution in [0.5, 0.6) is 5.75 Å². The maximum Gasteiger partial charge on any atom is 0.251 e. The SMILES string of the molecule is COc1ccc(C2=NNC(=O)C2(C)C)c2sc(CF)nc12. The number of fused-ring (bicyclic) bond motifs is 1. The lowest BCUT2D eigenvalue weighted by atomic mass is 9.83. The molecule has 1 aromatic carbocycles. The van der Waals surface area contributed by atoms with Crippen LogP contribution in [0.4, 0.5) is 4.39 Å². The number of carbonyl (C=O) groups is 1. The Morgan fingerprint density at radius 3 is 2.76 bits per heavy atom. The molecule has 110 valence electrons. The van der Waals surface area contributed by atoms with Crippen molar-refractivity contribution in [1.82, 2.24) is 10.4 Å². The van der Waals surface area contributed by atoms with Gasteiger partial charge >= 0.3 is 0 Å². The zero-order valence-corrected chi connectivity index (χ0v) is 12.7. The Morgan fingerprint density at radius 2 is 2.19 bits per heavy atom. The largest absolute Gasteiger partial charge is 0.494 e. The van der Waals surface area contributed by atoms with Crippen molar-refractivity contribution in [3.05, 3.63) is 22.7 Å². The Morgan fingerprint density at radius 1 is 1.43 bits per heavy atom. The van der Waals surface area contributed by atoms with Gasteiger partial charge in [-0.25, -0.2) is 14.8 Å². The number of nitrogens with one attached hydrogen (secondary N) is 1. The number of alkyl halides is 1. The summed E-state index contributed by atoms with van der Waals surface area (Å²) in [7, 11) is 1.55. The molecule has 7 heteroatoms. The molecule has 3 rings (SSSR count). The van der Waals surface area contributed by atoms with E-state index >= 15 is 0 Å². The lowest BCUT2D eigenvalue weighted by molar-refractivity contribution is -0.125. The quantitative estimate of drug-likeness (QED) is 0.948. The van der Waals surface area contributed by atoms with Crippen molar-refractivity contribution in [3.8, 4) is 5.75 Å². The van der Waals surface area contributed by atoms with E-state index in [0.717, 1.165) is 10.3 Å². The molecule has 2 heterocycles. The van der Waals surface area contributed by atoms with Gasteiger partial charge in [0.1, 0.15) is 22.9 Å². The molecule has 0 radical (unpaired) electrons. The molecule has 2 aromatic rings. The van der Waals surface area contributed by atoms with Gasteiger partial charge in [-0.15, -0.1) is 11.3 Å². The zero-order chi connectivity index (χ0) is 15.2. The predicted octanol–water partition coefficient (Wildman–Crippen LogP) is 2.63. The monoisotopic (exact) mass is 307 g/mol. The molecular formula is C14H14FN3O2S. The summed E-state index contributed by atoms with van der Waals surface area (Å²) in [5, 5.41) is 4.52. The van der Waals surface area contributed by atoms with E-state index in [1.165, 1.54) is 11.3 Å². The lowest BCUT2D eigenvalue weighted by Gasteiger charge is -2.17. The third-order valence-corrected chi connectivity index (χ3v) is 4.62. The number of rotatable bonds is 3. The van der Waals surface area contributed by atoms with Crippen LogP contribution in [0.2, 0.25) is 0 Å². The van der Waals surface area contributed by atoms with E-state index in [4.69, 9.17) is 4.74 Å². The average Bonchev–Trinajstić information content (AvgIpc) is 3.01. The Labute approximate surface area is 124 Å². The highest BCUT2D eigenvalue weighted by Crippen LogP contribution is 2.37.